The molecule has 50 valence electrons. The molecular formula is C4H9F2NO. The third kappa shape index (κ3) is 2.18. The van der Waals surface area contributed by atoms with Crippen LogP contribution in [0.5, 0.6) is 0 Å². The first-order chi connectivity index (χ1) is 3.72. The van der Waals surface area contributed by atoms with Crippen LogP contribution in [0.2, 0.25) is 0 Å². The van der Waals surface area contributed by atoms with Gasteiger partial charge in [-0.15, -0.1) is 0 Å². The zero-order valence-corrected chi connectivity index (χ0v) is 4.82. The largest absolute Gasteiger partial charge is 0.361 e. The third-order valence-electron chi connectivity index (χ3n) is 0.767. The van der Waals surface area contributed by atoms with Crippen LogP contribution in [0, 0.1) is 0 Å². The SMILES string of the molecule is CNC(OC)C(F)F. The molecule has 2 nitrogen and oxygen atoms in total. The summed E-state index contributed by atoms with van der Waals surface area (Å²) in [6, 6.07) is 0. The van der Waals surface area contributed by atoms with Gasteiger partial charge in [0.1, 0.15) is 0 Å². The van der Waals surface area contributed by atoms with Gasteiger partial charge >= 0.3 is 0 Å². The van der Waals surface area contributed by atoms with Gasteiger partial charge in [0.25, 0.3) is 6.43 Å². The summed E-state index contributed by atoms with van der Waals surface area (Å²) >= 11 is 0. The molecule has 0 rings (SSSR count). The van der Waals surface area contributed by atoms with Crippen LogP contribution < -0.4 is 5.32 Å². The number of hydrogen-bond donors (Lipinski definition) is 1. The van der Waals surface area contributed by atoms with Crippen LogP contribution in [0.3, 0.4) is 0 Å². The lowest BCUT2D eigenvalue weighted by atomic mass is 10.6. The van der Waals surface area contributed by atoms with E-state index >= 15 is 0 Å². The number of hydrogen-bond acceptors (Lipinski definition) is 2. The normalized spacial score (nSPS) is 14.6. The lowest BCUT2D eigenvalue weighted by Gasteiger charge is -2.11. The van der Waals surface area contributed by atoms with Crippen molar-refractivity contribution in [2.75, 3.05) is 14.2 Å². The fraction of sp³-hybridized carbons (Fsp3) is 1.00. The predicted molar refractivity (Wildman–Crippen MR) is 25.9 cm³/mol. The van der Waals surface area contributed by atoms with Crippen molar-refractivity contribution in [2.24, 2.45) is 0 Å². The van der Waals surface area contributed by atoms with Gasteiger partial charge in [-0.25, -0.2) is 8.78 Å². The summed E-state index contributed by atoms with van der Waals surface area (Å²) in [6.07, 6.45) is -3.58. The molecule has 0 aromatic carbocycles. The monoisotopic (exact) mass is 125 g/mol. The zero-order valence-electron chi connectivity index (χ0n) is 4.82. The van der Waals surface area contributed by atoms with Gasteiger partial charge in [0.2, 0.25) is 0 Å². The van der Waals surface area contributed by atoms with Gasteiger partial charge < -0.3 is 4.74 Å². The fourth-order valence-corrected chi connectivity index (χ4v) is 0.347. The van der Waals surface area contributed by atoms with Crippen LogP contribution in [-0.2, 0) is 4.74 Å². The molecule has 1 atom stereocenters. The first-order valence-electron chi connectivity index (χ1n) is 2.20. The van der Waals surface area contributed by atoms with Crippen LogP contribution >= 0.6 is 0 Å². The molecule has 8 heavy (non-hydrogen) atoms. The topological polar surface area (TPSA) is 21.3 Å². The molecule has 0 aliphatic heterocycles. The van der Waals surface area contributed by atoms with Crippen LogP contribution in [-0.4, -0.2) is 26.8 Å². The van der Waals surface area contributed by atoms with Gasteiger partial charge in [-0.2, -0.15) is 0 Å². The van der Waals surface area contributed by atoms with Gasteiger partial charge in [-0.3, -0.25) is 5.32 Å². The van der Waals surface area contributed by atoms with Gasteiger partial charge in [-0.05, 0) is 7.05 Å². The summed E-state index contributed by atoms with van der Waals surface area (Å²) < 4.78 is 27.3. The second-order valence-electron chi connectivity index (χ2n) is 1.28. The molecule has 0 fully saturated rings. The minimum absolute atomic E-state index is 1.13. The highest BCUT2D eigenvalue weighted by Crippen LogP contribution is 1.98. The van der Waals surface area contributed by atoms with E-state index in [0.717, 1.165) is 0 Å². The van der Waals surface area contributed by atoms with Gasteiger partial charge in [-0.1, -0.05) is 0 Å². The second kappa shape index (κ2) is 3.74. The quantitative estimate of drug-likeness (QED) is 0.553. The van der Waals surface area contributed by atoms with Crippen molar-refractivity contribution < 1.29 is 13.5 Å². The van der Waals surface area contributed by atoms with Crippen molar-refractivity contribution in [2.45, 2.75) is 12.7 Å². The van der Waals surface area contributed by atoms with Crippen LogP contribution in [0.1, 0.15) is 0 Å². The van der Waals surface area contributed by atoms with E-state index in [4.69, 9.17) is 0 Å². The van der Waals surface area contributed by atoms with E-state index in [-0.39, 0.29) is 0 Å². The first-order valence-corrected chi connectivity index (χ1v) is 2.20. The van der Waals surface area contributed by atoms with E-state index in [1.807, 2.05) is 0 Å². The molecule has 4 heteroatoms. The summed E-state index contributed by atoms with van der Waals surface area (Å²) in [6.45, 7) is 0. The van der Waals surface area contributed by atoms with Crippen LogP contribution in [0.4, 0.5) is 8.78 Å². The van der Waals surface area contributed by atoms with E-state index in [2.05, 4.69) is 10.1 Å². The number of methoxy groups -OCH3 is 1. The summed E-state index contributed by atoms with van der Waals surface area (Å²) in [5.41, 5.74) is 0. The van der Waals surface area contributed by atoms with Crippen LogP contribution in [0.25, 0.3) is 0 Å². The minimum atomic E-state index is -2.45. The number of halogens is 2. The molecule has 0 radical (unpaired) electrons. The molecule has 0 saturated heterocycles. The van der Waals surface area contributed by atoms with Crippen molar-refractivity contribution >= 4 is 0 Å². The van der Waals surface area contributed by atoms with Crippen molar-refractivity contribution in [3.8, 4) is 0 Å². The molecule has 0 saturated carbocycles. The molecular weight excluding hydrogens is 116 g/mol. The summed E-state index contributed by atoms with van der Waals surface area (Å²) in [5.74, 6) is 0. The lowest BCUT2D eigenvalue weighted by Crippen LogP contribution is -2.34. The van der Waals surface area contributed by atoms with Gasteiger partial charge in [0, 0.05) is 7.11 Å². The van der Waals surface area contributed by atoms with E-state index in [1.54, 1.807) is 0 Å². The Hall–Kier alpha value is -0.220. The van der Waals surface area contributed by atoms with Crippen molar-refractivity contribution in [1.29, 1.82) is 0 Å². The lowest BCUT2D eigenvalue weighted by molar-refractivity contribution is -0.0470. The first kappa shape index (κ1) is 7.78. The maximum Gasteiger partial charge on any atom is 0.277 e. The van der Waals surface area contributed by atoms with Crippen LogP contribution in [0.15, 0.2) is 0 Å². The zero-order chi connectivity index (χ0) is 6.57. The van der Waals surface area contributed by atoms with E-state index in [1.165, 1.54) is 14.2 Å². The Labute approximate surface area is 46.8 Å². The van der Waals surface area contributed by atoms with E-state index < -0.39 is 12.7 Å². The van der Waals surface area contributed by atoms with Crippen molar-refractivity contribution in [1.82, 2.24) is 5.32 Å². The highest BCUT2D eigenvalue weighted by atomic mass is 19.3. The highest BCUT2D eigenvalue weighted by Gasteiger charge is 2.15. The van der Waals surface area contributed by atoms with Crippen molar-refractivity contribution in [3.05, 3.63) is 0 Å². The number of ether oxygens (including phenoxy) is 1. The molecule has 0 amide bonds. The molecule has 1 N–H and O–H groups in total. The summed E-state index contributed by atoms with van der Waals surface area (Å²) in [5, 5.41) is 2.28. The standard InChI is InChI=1S/C4H9F2NO/c1-7-4(8-2)3(5)6/h3-4,7H,1-2H3. The molecule has 0 aromatic rings. The fourth-order valence-electron chi connectivity index (χ4n) is 0.347. The molecule has 0 spiro atoms. The second-order valence-corrected chi connectivity index (χ2v) is 1.28. The van der Waals surface area contributed by atoms with E-state index in [0.29, 0.717) is 0 Å². The smallest absolute Gasteiger partial charge is 0.277 e. The molecule has 0 aliphatic carbocycles. The minimum Gasteiger partial charge on any atom is -0.361 e. The Kier molecular flexibility index (Phi) is 3.64. The summed E-state index contributed by atoms with van der Waals surface area (Å²) in [7, 11) is 2.65. The Morgan fingerprint density at radius 1 is 1.50 bits per heavy atom. The number of nitrogens with one attached hydrogen (secondary N) is 1. The molecule has 0 bridgehead atoms. The molecule has 0 aliphatic rings. The Balaban J connectivity index is 3.35. The Bertz CT molecular complexity index is 56.0. The predicted octanol–water partition coefficient (Wildman–Crippen LogP) is 0.443. The van der Waals surface area contributed by atoms with Gasteiger partial charge in [0.15, 0.2) is 6.23 Å². The summed E-state index contributed by atoms with van der Waals surface area (Å²) in [4.78, 5) is 0. The molecule has 0 aromatic heterocycles. The Morgan fingerprint density at radius 2 is 2.00 bits per heavy atom. The molecule has 1 unspecified atom stereocenters. The molecule has 0 heterocycles. The maximum absolute atomic E-state index is 11.5. The maximum atomic E-state index is 11.5. The average molecular weight is 125 g/mol. The van der Waals surface area contributed by atoms with Crippen molar-refractivity contribution in [3.63, 3.8) is 0 Å². The van der Waals surface area contributed by atoms with E-state index in [9.17, 15) is 8.78 Å². The van der Waals surface area contributed by atoms with Gasteiger partial charge in [0.05, 0.1) is 0 Å². The highest BCUT2D eigenvalue weighted by molar-refractivity contribution is 4.50. The average Bonchev–Trinajstić information content (AvgIpc) is 1.69. The Morgan fingerprint density at radius 3 is 2.00 bits per heavy atom. The number of rotatable bonds is 3. The number of alkyl halides is 2. The third-order valence-corrected chi connectivity index (χ3v) is 0.767.